The number of hydrogen-bond acceptors (Lipinski definition) is 4. The van der Waals surface area contributed by atoms with Gasteiger partial charge in [-0.2, -0.15) is 9.78 Å². The lowest BCUT2D eigenvalue weighted by Gasteiger charge is -2.24. The van der Waals surface area contributed by atoms with E-state index in [1.54, 1.807) is 11.8 Å². The van der Waals surface area contributed by atoms with Gasteiger partial charge in [0.25, 0.3) is 0 Å². The molecule has 4 nitrogen and oxygen atoms in total. The molecule has 0 saturated heterocycles. The molecule has 1 aliphatic heterocycles. The van der Waals surface area contributed by atoms with Gasteiger partial charge in [0.2, 0.25) is 5.16 Å². The highest BCUT2D eigenvalue weighted by Gasteiger charge is 2.26. The number of benzene rings is 1. The number of nitrogens with zero attached hydrogens (tertiary/aromatic N) is 4. The van der Waals surface area contributed by atoms with E-state index < -0.39 is 0 Å². The van der Waals surface area contributed by atoms with Crippen molar-refractivity contribution in [1.29, 1.82) is 0 Å². The maximum atomic E-state index is 4.77. The van der Waals surface area contributed by atoms with Gasteiger partial charge in [-0.15, -0.1) is 10.2 Å². The zero-order valence-electron chi connectivity index (χ0n) is 12.2. The lowest BCUT2D eigenvalue weighted by atomic mass is 9.91. The molecule has 0 saturated carbocycles. The van der Waals surface area contributed by atoms with Crippen LogP contribution in [0.4, 0.5) is 0 Å². The molecule has 0 spiro atoms. The van der Waals surface area contributed by atoms with Gasteiger partial charge in [0, 0.05) is 16.7 Å². The molecule has 20 heavy (non-hydrogen) atoms. The number of aromatic nitrogens is 3. The van der Waals surface area contributed by atoms with Crippen molar-refractivity contribution in [2.24, 2.45) is 10.5 Å². The normalized spacial score (nSPS) is 14.9. The van der Waals surface area contributed by atoms with Crippen LogP contribution in [0.25, 0.3) is 11.4 Å². The smallest absolute Gasteiger partial charge is 0.187 e. The predicted molar refractivity (Wildman–Crippen MR) is 83.2 cm³/mol. The first kappa shape index (κ1) is 13.4. The van der Waals surface area contributed by atoms with E-state index in [1.165, 1.54) is 11.3 Å². The number of hydrogen-bond donors (Lipinski definition) is 0. The Morgan fingerprint density at radius 1 is 1.20 bits per heavy atom. The molecule has 104 valence electrons. The monoisotopic (exact) mass is 286 g/mol. The summed E-state index contributed by atoms with van der Waals surface area (Å²) in [5, 5.41) is 14.2. The van der Waals surface area contributed by atoms with Gasteiger partial charge in [0.1, 0.15) is 0 Å². The molecule has 0 fully saturated rings. The molecular weight excluding hydrogens is 268 g/mol. The van der Waals surface area contributed by atoms with Crippen LogP contribution >= 0.6 is 11.8 Å². The molecule has 1 aromatic carbocycles. The highest BCUT2D eigenvalue weighted by molar-refractivity contribution is 7.99. The van der Waals surface area contributed by atoms with E-state index in [-0.39, 0.29) is 5.41 Å². The largest absolute Gasteiger partial charge is 0.212 e. The molecular formula is C15H18N4S. The maximum Gasteiger partial charge on any atom is 0.212 e. The molecule has 0 radical (unpaired) electrons. The molecule has 0 bridgehead atoms. The van der Waals surface area contributed by atoms with Gasteiger partial charge >= 0.3 is 0 Å². The number of thioether (sulfide) groups is 1. The Hall–Kier alpha value is -1.62. The van der Waals surface area contributed by atoms with Crippen molar-refractivity contribution in [1.82, 2.24) is 14.9 Å². The van der Waals surface area contributed by atoms with Gasteiger partial charge in [-0.3, -0.25) is 0 Å². The zero-order chi connectivity index (χ0) is 14.3. The Morgan fingerprint density at radius 2 is 2.00 bits per heavy atom. The Labute approximate surface area is 123 Å². The van der Waals surface area contributed by atoms with Crippen molar-refractivity contribution >= 4 is 17.5 Å². The summed E-state index contributed by atoms with van der Waals surface area (Å²) < 4.78 is 1.88. The Morgan fingerprint density at radius 3 is 2.70 bits per heavy atom. The Balaban J connectivity index is 2.10. The first-order chi connectivity index (χ1) is 9.45. The first-order valence-corrected chi connectivity index (χ1v) is 7.67. The Bertz CT molecular complexity index is 679. The second-order valence-corrected chi connectivity index (χ2v) is 7.02. The van der Waals surface area contributed by atoms with Crippen molar-refractivity contribution < 1.29 is 0 Å². The number of fused-ring (bicyclic) bond motifs is 1. The molecule has 0 N–H and O–H groups in total. The lowest BCUT2D eigenvalue weighted by Crippen LogP contribution is -2.26. The minimum absolute atomic E-state index is 0.0683. The van der Waals surface area contributed by atoms with Crippen molar-refractivity contribution in [2.75, 3.05) is 5.75 Å². The number of rotatable bonds is 1. The molecule has 0 unspecified atom stereocenters. The highest BCUT2D eigenvalue weighted by Crippen LogP contribution is 2.31. The molecule has 0 aliphatic carbocycles. The van der Waals surface area contributed by atoms with E-state index in [2.05, 4.69) is 56.1 Å². The van der Waals surface area contributed by atoms with Gasteiger partial charge in [0.15, 0.2) is 5.82 Å². The average molecular weight is 286 g/mol. The number of aryl methyl sites for hydroxylation is 1. The van der Waals surface area contributed by atoms with Crippen molar-refractivity contribution in [2.45, 2.75) is 32.9 Å². The predicted octanol–water partition coefficient (Wildman–Crippen LogP) is 3.61. The summed E-state index contributed by atoms with van der Waals surface area (Å²) in [6.45, 7) is 8.64. The summed E-state index contributed by atoms with van der Waals surface area (Å²) in [6, 6.07) is 8.28. The minimum Gasteiger partial charge on any atom is -0.187 e. The Kier molecular flexibility index (Phi) is 3.17. The van der Waals surface area contributed by atoms with Crippen molar-refractivity contribution in [3.63, 3.8) is 0 Å². The van der Waals surface area contributed by atoms with Crippen molar-refractivity contribution in [3.05, 3.63) is 29.8 Å². The third-order valence-corrected chi connectivity index (χ3v) is 4.24. The van der Waals surface area contributed by atoms with E-state index in [9.17, 15) is 0 Å². The second-order valence-electron chi connectivity index (χ2n) is 6.07. The molecule has 1 aliphatic rings. The van der Waals surface area contributed by atoms with E-state index in [1.807, 2.05) is 10.7 Å². The van der Waals surface area contributed by atoms with Crippen LogP contribution in [0.5, 0.6) is 0 Å². The molecule has 3 rings (SSSR count). The van der Waals surface area contributed by atoms with Crippen LogP contribution in [0.3, 0.4) is 0 Å². The van der Waals surface area contributed by atoms with E-state index in [0.717, 1.165) is 22.3 Å². The van der Waals surface area contributed by atoms with Crippen molar-refractivity contribution in [3.8, 4) is 11.4 Å². The standard InChI is InChI=1S/C15H18N4S/c1-10-6-5-7-11(8-10)13-16-17-14-19(13)18-12(9-20-14)15(2,3)4/h5-8H,9H2,1-4H3. The van der Waals surface area contributed by atoms with E-state index in [4.69, 9.17) is 5.10 Å². The summed E-state index contributed by atoms with van der Waals surface area (Å²) in [5.74, 6) is 1.70. The molecule has 2 heterocycles. The van der Waals surface area contributed by atoms with Crippen LogP contribution in [0.2, 0.25) is 0 Å². The first-order valence-electron chi connectivity index (χ1n) is 6.69. The molecule has 1 aromatic heterocycles. The van der Waals surface area contributed by atoms with Crippen LogP contribution < -0.4 is 0 Å². The van der Waals surface area contributed by atoms with Crippen LogP contribution in [-0.4, -0.2) is 26.3 Å². The summed E-state index contributed by atoms with van der Waals surface area (Å²) >= 11 is 1.70. The lowest BCUT2D eigenvalue weighted by molar-refractivity contribution is 0.574. The fourth-order valence-electron chi connectivity index (χ4n) is 2.06. The molecule has 0 atom stereocenters. The summed E-state index contributed by atoms with van der Waals surface area (Å²) in [4.78, 5) is 0. The van der Waals surface area contributed by atoms with Crippen LogP contribution in [0, 0.1) is 12.3 Å². The van der Waals surface area contributed by atoms with Crippen LogP contribution in [0.1, 0.15) is 26.3 Å². The summed E-state index contributed by atoms with van der Waals surface area (Å²) in [7, 11) is 0. The van der Waals surface area contributed by atoms with E-state index in [0.29, 0.717) is 0 Å². The summed E-state index contributed by atoms with van der Waals surface area (Å²) in [6.07, 6.45) is 0. The third-order valence-electron chi connectivity index (χ3n) is 3.31. The second kappa shape index (κ2) is 4.74. The fraction of sp³-hybridized carbons (Fsp3) is 0.400. The van der Waals surface area contributed by atoms with Gasteiger partial charge in [-0.1, -0.05) is 56.3 Å². The highest BCUT2D eigenvalue weighted by atomic mass is 32.2. The van der Waals surface area contributed by atoms with Gasteiger partial charge in [-0.25, -0.2) is 0 Å². The summed E-state index contributed by atoms with van der Waals surface area (Å²) in [5.41, 5.74) is 3.51. The SMILES string of the molecule is Cc1cccc(-c2nnc3n2N=C(C(C)(C)C)CS3)c1. The minimum atomic E-state index is 0.0683. The van der Waals surface area contributed by atoms with Crippen LogP contribution in [-0.2, 0) is 0 Å². The van der Waals surface area contributed by atoms with E-state index >= 15 is 0 Å². The quantitative estimate of drug-likeness (QED) is 0.804. The average Bonchev–Trinajstić information content (AvgIpc) is 2.80. The third kappa shape index (κ3) is 2.38. The zero-order valence-corrected chi connectivity index (χ0v) is 13.0. The van der Waals surface area contributed by atoms with Gasteiger partial charge in [-0.05, 0) is 13.0 Å². The topological polar surface area (TPSA) is 43.1 Å². The van der Waals surface area contributed by atoms with Gasteiger partial charge < -0.3 is 0 Å². The maximum absolute atomic E-state index is 4.77. The molecule has 0 amide bonds. The van der Waals surface area contributed by atoms with Crippen LogP contribution in [0.15, 0.2) is 34.5 Å². The van der Waals surface area contributed by atoms with Gasteiger partial charge in [0.05, 0.1) is 5.71 Å². The molecule has 2 aromatic rings. The fourth-order valence-corrected chi connectivity index (χ4v) is 3.16. The molecule has 5 heteroatoms.